The van der Waals surface area contributed by atoms with Crippen molar-refractivity contribution in [2.45, 2.75) is 38.1 Å². The molecule has 23 heavy (non-hydrogen) atoms. The predicted molar refractivity (Wildman–Crippen MR) is 91.7 cm³/mol. The van der Waals surface area contributed by atoms with Crippen molar-refractivity contribution in [3.8, 4) is 0 Å². The van der Waals surface area contributed by atoms with Crippen LogP contribution in [-0.4, -0.2) is 61.1 Å². The molecule has 0 bridgehead atoms. The highest BCUT2D eigenvalue weighted by molar-refractivity contribution is 7.88. The van der Waals surface area contributed by atoms with Crippen molar-refractivity contribution in [3.63, 3.8) is 0 Å². The van der Waals surface area contributed by atoms with Gasteiger partial charge in [0.05, 0.1) is 6.26 Å². The molecule has 1 aromatic rings. The molecule has 0 aliphatic carbocycles. The highest BCUT2D eigenvalue weighted by Gasteiger charge is 2.31. The third-order valence-corrected chi connectivity index (χ3v) is 6.51. The van der Waals surface area contributed by atoms with Gasteiger partial charge in [-0.3, -0.25) is 4.98 Å². The lowest BCUT2D eigenvalue weighted by Gasteiger charge is -2.42. The molecule has 3 rings (SSSR count). The average molecular weight is 337 g/mol. The van der Waals surface area contributed by atoms with Crippen molar-refractivity contribution >= 4 is 10.0 Å². The first-order valence-electron chi connectivity index (χ1n) is 8.60. The lowest BCUT2D eigenvalue weighted by molar-refractivity contribution is 0.0896. The average Bonchev–Trinajstić information content (AvgIpc) is 2.55. The summed E-state index contributed by atoms with van der Waals surface area (Å²) in [5, 5.41) is 0. The Morgan fingerprint density at radius 2 is 2.00 bits per heavy atom. The summed E-state index contributed by atoms with van der Waals surface area (Å²) in [6.45, 7) is 3.64. The molecule has 0 amide bonds. The Balaban J connectivity index is 1.53. The van der Waals surface area contributed by atoms with E-state index >= 15 is 0 Å². The number of hydrogen-bond donors (Lipinski definition) is 0. The van der Waals surface area contributed by atoms with Gasteiger partial charge in [0.2, 0.25) is 10.0 Å². The molecule has 0 saturated carbocycles. The zero-order valence-corrected chi connectivity index (χ0v) is 14.7. The van der Waals surface area contributed by atoms with Crippen LogP contribution < -0.4 is 0 Å². The van der Waals surface area contributed by atoms with E-state index in [2.05, 4.69) is 16.0 Å². The highest BCUT2D eigenvalue weighted by atomic mass is 32.2. The van der Waals surface area contributed by atoms with Gasteiger partial charge in [0, 0.05) is 38.1 Å². The van der Waals surface area contributed by atoms with Crippen LogP contribution >= 0.6 is 0 Å². The summed E-state index contributed by atoms with van der Waals surface area (Å²) >= 11 is 0. The second kappa shape index (κ2) is 7.28. The molecular formula is C17H27N3O2S. The molecule has 0 radical (unpaired) electrons. The van der Waals surface area contributed by atoms with Crippen LogP contribution in [0.5, 0.6) is 0 Å². The van der Waals surface area contributed by atoms with Gasteiger partial charge in [0.25, 0.3) is 0 Å². The van der Waals surface area contributed by atoms with Crippen LogP contribution in [0.1, 0.15) is 31.2 Å². The number of pyridine rings is 1. The molecule has 2 fully saturated rings. The molecule has 2 aliphatic rings. The Hall–Kier alpha value is -0.980. The number of aromatic nitrogens is 1. The van der Waals surface area contributed by atoms with Crippen LogP contribution in [-0.2, 0) is 16.4 Å². The summed E-state index contributed by atoms with van der Waals surface area (Å²) < 4.78 is 24.9. The minimum absolute atomic E-state index is 0.546. The molecule has 0 aromatic carbocycles. The molecule has 5 nitrogen and oxygen atoms in total. The first-order chi connectivity index (χ1) is 11.0. The molecule has 6 heteroatoms. The first-order valence-corrected chi connectivity index (χ1v) is 10.5. The third kappa shape index (κ3) is 4.52. The molecule has 0 spiro atoms. The molecule has 2 aliphatic heterocycles. The van der Waals surface area contributed by atoms with E-state index in [1.165, 1.54) is 24.7 Å². The number of rotatable bonds is 4. The third-order valence-electron chi connectivity index (χ3n) is 5.21. The van der Waals surface area contributed by atoms with Gasteiger partial charge in [-0.05, 0) is 56.2 Å². The van der Waals surface area contributed by atoms with Crippen molar-refractivity contribution in [3.05, 3.63) is 30.1 Å². The Kier molecular flexibility index (Phi) is 5.34. The normalized spacial score (nSPS) is 25.5. The maximum Gasteiger partial charge on any atom is 0.211 e. The van der Waals surface area contributed by atoms with Crippen LogP contribution in [0.2, 0.25) is 0 Å². The predicted octanol–water partition coefficient (Wildman–Crippen LogP) is 1.76. The summed E-state index contributed by atoms with van der Waals surface area (Å²) in [6.07, 6.45) is 10.7. The van der Waals surface area contributed by atoms with Crippen LogP contribution in [0.3, 0.4) is 0 Å². The minimum Gasteiger partial charge on any atom is -0.300 e. The standard InChI is InChI=1S/C17H27N3O2S/c1-23(21,22)20-10-6-17(7-11-20)19-9-3-5-16(14-19)12-15-4-2-8-18-13-15/h2,4,8,13,16-17H,3,5-7,9-12,14H2,1H3. The summed E-state index contributed by atoms with van der Waals surface area (Å²) in [7, 11) is -3.02. The van der Waals surface area contributed by atoms with E-state index in [4.69, 9.17) is 0 Å². The Morgan fingerprint density at radius 3 is 2.65 bits per heavy atom. The Labute approximate surface area is 139 Å². The van der Waals surface area contributed by atoms with E-state index in [-0.39, 0.29) is 0 Å². The van der Waals surface area contributed by atoms with Gasteiger partial charge in [0.15, 0.2) is 0 Å². The smallest absolute Gasteiger partial charge is 0.211 e. The van der Waals surface area contributed by atoms with E-state index in [1.807, 2.05) is 18.5 Å². The molecule has 2 saturated heterocycles. The largest absolute Gasteiger partial charge is 0.300 e. The SMILES string of the molecule is CS(=O)(=O)N1CCC(N2CCCC(Cc3cccnc3)C2)CC1. The van der Waals surface area contributed by atoms with Crippen molar-refractivity contribution in [2.24, 2.45) is 5.92 Å². The monoisotopic (exact) mass is 337 g/mol. The van der Waals surface area contributed by atoms with Gasteiger partial charge in [-0.2, -0.15) is 0 Å². The van der Waals surface area contributed by atoms with Crippen molar-refractivity contribution < 1.29 is 8.42 Å². The number of sulfonamides is 1. The molecule has 1 aromatic heterocycles. The van der Waals surface area contributed by atoms with Crippen molar-refractivity contribution in [2.75, 3.05) is 32.4 Å². The number of nitrogens with zero attached hydrogens (tertiary/aromatic N) is 3. The molecule has 1 atom stereocenters. The van der Waals surface area contributed by atoms with Gasteiger partial charge in [-0.25, -0.2) is 12.7 Å². The van der Waals surface area contributed by atoms with Gasteiger partial charge in [0.1, 0.15) is 0 Å². The van der Waals surface area contributed by atoms with Gasteiger partial charge in [-0.15, -0.1) is 0 Å². The quantitative estimate of drug-likeness (QED) is 0.840. The van der Waals surface area contributed by atoms with Gasteiger partial charge >= 0.3 is 0 Å². The highest BCUT2D eigenvalue weighted by Crippen LogP contribution is 2.26. The second-order valence-corrected chi connectivity index (χ2v) is 8.94. The Morgan fingerprint density at radius 1 is 1.22 bits per heavy atom. The fourth-order valence-electron chi connectivity index (χ4n) is 3.99. The van der Waals surface area contributed by atoms with E-state index in [1.54, 1.807) is 4.31 Å². The summed E-state index contributed by atoms with van der Waals surface area (Å²) in [4.78, 5) is 6.82. The van der Waals surface area contributed by atoms with E-state index in [0.717, 1.165) is 32.4 Å². The van der Waals surface area contributed by atoms with E-state index in [0.29, 0.717) is 25.0 Å². The number of hydrogen-bond acceptors (Lipinski definition) is 4. The van der Waals surface area contributed by atoms with Crippen LogP contribution in [0, 0.1) is 5.92 Å². The first kappa shape index (κ1) is 16.9. The zero-order chi connectivity index (χ0) is 16.3. The molecule has 0 N–H and O–H groups in total. The Bertz CT molecular complexity index is 598. The van der Waals surface area contributed by atoms with E-state index < -0.39 is 10.0 Å². The summed E-state index contributed by atoms with van der Waals surface area (Å²) in [5.41, 5.74) is 1.33. The molecule has 3 heterocycles. The number of likely N-dealkylation sites (tertiary alicyclic amines) is 1. The minimum atomic E-state index is -3.02. The lowest BCUT2D eigenvalue weighted by Crippen LogP contribution is -2.49. The summed E-state index contributed by atoms with van der Waals surface area (Å²) in [6, 6.07) is 4.72. The lowest BCUT2D eigenvalue weighted by atomic mass is 9.90. The number of piperidine rings is 2. The molecule has 128 valence electrons. The second-order valence-electron chi connectivity index (χ2n) is 6.96. The van der Waals surface area contributed by atoms with Crippen LogP contribution in [0.25, 0.3) is 0 Å². The maximum absolute atomic E-state index is 11.6. The fourth-order valence-corrected chi connectivity index (χ4v) is 4.86. The van der Waals surface area contributed by atoms with Crippen molar-refractivity contribution in [1.82, 2.24) is 14.2 Å². The topological polar surface area (TPSA) is 53.5 Å². The van der Waals surface area contributed by atoms with Crippen molar-refractivity contribution in [1.29, 1.82) is 0 Å². The summed E-state index contributed by atoms with van der Waals surface area (Å²) in [5.74, 6) is 0.695. The van der Waals surface area contributed by atoms with Crippen LogP contribution in [0.15, 0.2) is 24.5 Å². The molecule has 1 unspecified atom stereocenters. The molecular weight excluding hydrogens is 310 g/mol. The zero-order valence-electron chi connectivity index (χ0n) is 13.9. The van der Waals surface area contributed by atoms with Gasteiger partial charge in [-0.1, -0.05) is 6.07 Å². The van der Waals surface area contributed by atoms with Gasteiger partial charge < -0.3 is 4.90 Å². The maximum atomic E-state index is 11.6. The fraction of sp³-hybridized carbons (Fsp3) is 0.706. The van der Waals surface area contributed by atoms with Crippen LogP contribution in [0.4, 0.5) is 0 Å². The van der Waals surface area contributed by atoms with E-state index in [9.17, 15) is 8.42 Å².